The highest BCUT2D eigenvalue weighted by molar-refractivity contribution is 7.99. The summed E-state index contributed by atoms with van der Waals surface area (Å²) in [6.07, 6.45) is 1.57. The molecule has 8 heteroatoms. The van der Waals surface area contributed by atoms with Gasteiger partial charge in [-0.3, -0.25) is 9.36 Å². The van der Waals surface area contributed by atoms with Gasteiger partial charge >= 0.3 is 0 Å². The number of nitrogens with zero attached hydrogens (tertiary/aromatic N) is 3. The van der Waals surface area contributed by atoms with E-state index in [1.54, 1.807) is 35.2 Å². The summed E-state index contributed by atoms with van der Waals surface area (Å²) in [4.78, 5) is 12.0. The van der Waals surface area contributed by atoms with Crippen LogP contribution in [0.2, 0.25) is 5.02 Å². The zero-order valence-corrected chi connectivity index (χ0v) is 14.6. The van der Waals surface area contributed by atoms with Gasteiger partial charge in [-0.2, -0.15) is 0 Å². The van der Waals surface area contributed by atoms with Gasteiger partial charge in [0.25, 0.3) is 0 Å². The van der Waals surface area contributed by atoms with E-state index in [-0.39, 0.29) is 17.5 Å². The Balaban J connectivity index is 1.56. The predicted octanol–water partition coefficient (Wildman–Crippen LogP) is 3.47. The topological polar surface area (TPSA) is 59.8 Å². The number of carbonyl (C=O) groups excluding carboxylic acids is 1. The first-order valence-corrected chi connectivity index (χ1v) is 8.78. The SMILES string of the molecule is O=C(CSc1nncn1-c1cccc(Cl)c1)NCc1ccc(F)cc1. The maximum absolute atomic E-state index is 12.9. The second kappa shape index (κ2) is 8.13. The fraction of sp³-hybridized carbons (Fsp3) is 0.118. The minimum Gasteiger partial charge on any atom is -0.351 e. The van der Waals surface area contributed by atoms with E-state index in [0.717, 1.165) is 11.3 Å². The van der Waals surface area contributed by atoms with Crippen molar-refractivity contribution in [3.05, 3.63) is 71.3 Å². The van der Waals surface area contributed by atoms with Crippen molar-refractivity contribution in [2.24, 2.45) is 0 Å². The summed E-state index contributed by atoms with van der Waals surface area (Å²) in [6, 6.07) is 13.3. The van der Waals surface area contributed by atoms with Crippen LogP contribution in [0.15, 0.2) is 60.0 Å². The van der Waals surface area contributed by atoms with Crippen LogP contribution < -0.4 is 5.32 Å². The number of nitrogens with one attached hydrogen (secondary N) is 1. The Morgan fingerprint density at radius 2 is 2.04 bits per heavy atom. The van der Waals surface area contributed by atoms with Crippen LogP contribution in [0.25, 0.3) is 5.69 Å². The van der Waals surface area contributed by atoms with Crippen LogP contribution in [0.4, 0.5) is 4.39 Å². The molecule has 0 aliphatic rings. The molecule has 0 spiro atoms. The Labute approximate surface area is 153 Å². The van der Waals surface area contributed by atoms with Gasteiger partial charge in [0.05, 0.1) is 11.4 Å². The molecule has 3 aromatic rings. The summed E-state index contributed by atoms with van der Waals surface area (Å²) >= 11 is 7.28. The molecule has 0 unspecified atom stereocenters. The van der Waals surface area contributed by atoms with Gasteiger partial charge in [-0.25, -0.2) is 4.39 Å². The Hall–Kier alpha value is -2.38. The number of thioether (sulfide) groups is 1. The molecule has 1 heterocycles. The first kappa shape index (κ1) is 17.4. The van der Waals surface area contributed by atoms with Crippen LogP contribution in [0.3, 0.4) is 0 Å². The second-order valence-corrected chi connectivity index (χ2v) is 6.53. The maximum atomic E-state index is 12.9. The van der Waals surface area contributed by atoms with Crippen molar-refractivity contribution >= 4 is 29.3 Å². The summed E-state index contributed by atoms with van der Waals surface area (Å²) in [5.41, 5.74) is 1.66. The maximum Gasteiger partial charge on any atom is 0.230 e. The zero-order chi connectivity index (χ0) is 17.6. The van der Waals surface area contributed by atoms with Gasteiger partial charge in [0.1, 0.15) is 12.1 Å². The second-order valence-electron chi connectivity index (χ2n) is 5.16. The fourth-order valence-electron chi connectivity index (χ4n) is 2.11. The van der Waals surface area contributed by atoms with Crippen molar-refractivity contribution in [2.75, 3.05) is 5.75 Å². The van der Waals surface area contributed by atoms with E-state index < -0.39 is 0 Å². The quantitative estimate of drug-likeness (QED) is 0.669. The number of carbonyl (C=O) groups is 1. The Kier molecular flexibility index (Phi) is 5.67. The van der Waals surface area contributed by atoms with Gasteiger partial charge in [-0.05, 0) is 35.9 Å². The van der Waals surface area contributed by atoms with Crippen molar-refractivity contribution in [1.29, 1.82) is 0 Å². The van der Waals surface area contributed by atoms with Crippen molar-refractivity contribution in [3.63, 3.8) is 0 Å². The highest BCUT2D eigenvalue weighted by Crippen LogP contribution is 2.21. The number of halogens is 2. The average molecular weight is 377 g/mol. The van der Waals surface area contributed by atoms with E-state index in [2.05, 4.69) is 15.5 Å². The smallest absolute Gasteiger partial charge is 0.230 e. The lowest BCUT2D eigenvalue weighted by Gasteiger charge is -2.07. The molecule has 1 N–H and O–H groups in total. The van der Waals surface area contributed by atoms with Crippen molar-refractivity contribution < 1.29 is 9.18 Å². The summed E-state index contributed by atoms with van der Waals surface area (Å²) in [6.45, 7) is 0.348. The molecule has 5 nitrogen and oxygen atoms in total. The van der Waals surface area contributed by atoms with E-state index in [0.29, 0.717) is 16.7 Å². The Bertz CT molecular complexity index is 869. The molecule has 0 saturated carbocycles. The summed E-state index contributed by atoms with van der Waals surface area (Å²) in [5, 5.41) is 11.9. The van der Waals surface area contributed by atoms with Crippen LogP contribution in [0.1, 0.15) is 5.56 Å². The standard InChI is InChI=1S/C17H14ClFN4OS/c18-13-2-1-3-15(8-13)23-11-21-22-17(23)25-10-16(24)20-9-12-4-6-14(19)7-5-12/h1-8,11H,9-10H2,(H,20,24). The van der Waals surface area contributed by atoms with Gasteiger partial charge in [0.15, 0.2) is 5.16 Å². The lowest BCUT2D eigenvalue weighted by molar-refractivity contribution is -0.118. The van der Waals surface area contributed by atoms with Crippen LogP contribution >= 0.6 is 23.4 Å². The molecule has 1 amide bonds. The molecule has 0 aliphatic carbocycles. The molecule has 25 heavy (non-hydrogen) atoms. The van der Waals surface area contributed by atoms with Crippen molar-refractivity contribution in [2.45, 2.75) is 11.7 Å². The highest BCUT2D eigenvalue weighted by atomic mass is 35.5. The number of rotatable bonds is 6. The fourth-order valence-corrected chi connectivity index (χ4v) is 3.05. The third kappa shape index (κ3) is 4.80. The van der Waals surface area contributed by atoms with E-state index in [9.17, 15) is 9.18 Å². The number of amides is 1. The molecule has 0 atom stereocenters. The third-order valence-electron chi connectivity index (χ3n) is 3.34. The van der Waals surface area contributed by atoms with Gasteiger partial charge in [0, 0.05) is 11.6 Å². The van der Waals surface area contributed by atoms with Gasteiger partial charge in [0.2, 0.25) is 5.91 Å². The molecular weight excluding hydrogens is 363 g/mol. The average Bonchev–Trinajstić information content (AvgIpc) is 3.08. The van der Waals surface area contributed by atoms with Crippen molar-refractivity contribution in [1.82, 2.24) is 20.1 Å². The number of hydrogen-bond donors (Lipinski definition) is 1. The molecule has 128 valence electrons. The third-order valence-corrected chi connectivity index (χ3v) is 4.52. The van der Waals surface area contributed by atoms with Gasteiger partial charge in [-0.15, -0.1) is 10.2 Å². The lowest BCUT2D eigenvalue weighted by Crippen LogP contribution is -2.24. The largest absolute Gasteiger partial charge is 0.351 e. The molecule has 0 saturated heterocycles. The molecule has 0 fully saturated rings. The highest BCUT2D eigenvalue weighted by Gasteiger charge is 2.10. The van der Waals surface area contributed by atoms with Gasteiger partial charge < -0.3 is 5.32 Å². The lowest BCUT2D eigenvalue weighted by atomic mass is 10.2. The predicted molar refractivity (Wildman–Crippen MR) is 95.3 cm³/mol. The Morgan fingerprint density at radius 3 is 2.80 bits per heavy atom. The van der Waals surface area contributed by atoms with E-state index in [1.165, 1.54) is 23.9 Å². The van der Waals surface area contributed by atoms with Crippen LogP contribution in [-0.2, 0) is 11.3 Å². The first-order valence-electron chi connectivity index (χ1n) is 7.42. The van der Waals surface area contributed by atoms with Crippen LogP contribution in [-0.4, -0.2) is 26.4 Å². The summed E-state index contributed by atoms with van der Waals surface area (Å²) < 4.78 is 14.6. The minimum atomic E-state index is -0.300. The Morgan fingerprint density at radius 1 is 1.24 bits per heavy atom. The number of hydrogen-bond acceptors (Lipinski definition) is 4. The summed E-state index contributed by atoms with van der Waals surface area (Å²) in [7, 11) is 0. The molecule has 0 aliphatic heterocycles. The molecule has 0 bridgehead atoms. The number of benzene rings is 2. The van der Waals surface area contributed by atoms with Crippen LogP contribution in [0.5, 0.6) is 0 Å². The van der Waals surface area contributed by atoms with Gasteiger partial charge in [-0.1, -0.05) is 41.6 Å². The monoisotopic (exact) mass is 376 g/mol. The van der Waals surface area contributed by atoms with E-state index >= 15 is 0 Å². The van der Waals surface area contributed by atoms with Crippen LogP contribution in [0, 0.1) is 5.82 Å². The van der Waals surface area contributed by atoms with E-state index in [1.807, 2.05) is 12.1 Å². The minimum absolute atomic E-state index is 0.144. The summed E-state index contributed by atoms with van der Waals surface area (Å²) in [5.74, 6) is -0.249. The normalized spacial score (nSPS) is 10.6. The molecule has 2 aromatic carbocycles. The zero-order valence-electron chi connectivity index (χ0n) is 13.0. The molecule has 0 radical (unpaired) electrons. The molecule has 1 aromatic heterocycles. The number of aromatic nitrogens is 3. The first-order chi connectivity index (χ1) is 12.1. The van der Waals surface area contributed by atoms with Crippen molar-refractivity contribution in [3.8, 4) is 5.69 Å². The molecule has 3 rings (SSSR count). The molecular formula is C17H14ClFN4OS. The van der Waals surface area contributed by atoms with E-state index in [4.69, 9.17) is 11.6 Å².